The fourth-order valence-corrected chi connectivity index (χ4v) is 4.64. The molecule has 5 nitrogen and oxygen atoms in total. The number of nitrogens with one attached hydrogen (secondary N) is 1. The summed E-state index contributed by atoms with van der Waals surface area (Å²) in [6.45, 7) is 0. The summed E-state index contributed by atoms with van der Waals surface area (Å²) in [5.74, 6) is -0.207. The van der Waals surface area contributed by atoms with Crippen LogP contribution in [0.3, 0.4) is 0 Å². The zero-order valence-electron chi connectivity index (χ0n) is 13.3. The number of aromatic nitrogens is 1. The maximum atomic E-state index is 12.9. The number of fused-ring (bicyclic) bond motifs is 1. The van der Waals surface area contributed by atoms with E-state index in [0.29, 0.717) is 11.3 Å². The first-order valence-corrected chi connectivity index (χ1v) is 9.64. The number of carbonyl (C=O) groups excluding carboxylic acids is 1. The number of nitrogens with two attached hydrogens (primary N) is 1. The normalized spacial score (nSPS) is 16.4. The van der Waals surface area contributed by atoms with Gasteiger partial charge in [0.25, 0.3) is 5.91 Å². The third kappa shape index (κ3) is 3.09. The van der Waals surface area contributed by atoms with Crippen molar-refractivity contribution in [2.75, 3.05) is 5.73 Å². The summed E-state index contributed by atoms with van der Waals surface area (Å²) in [6.07, 6.45) is 3.01. The van der Waals surface area contributed by atoms with Crippen LogP contribution in [0.5, 0.6) is 0 Å². The van der Waals surface area contributed by atoms with Gasteiger partial charge in [-0.25, -0.2) is 0 Å². The van der Waals surface area contributed by atoms with Gasteiger partial charge in [0, 0.05) is 0 Å². The molecule has 1 unspecified atom stereocenters. The summed E-state index contributed by atoms with van der Waals surface area (Å²) in [5.41, 5.74) is 9.14. The molecule has 1 atom stereocenters. The average Bonchev–Trinajstić information content (AvgIpc) is 3.21. The molecule has 1 aliphatic carbocycles. The third-order valence-electron chi connectivity index (χ3n) is 4.43. The van der Waals surface area contributed by atoms with E-state index in [1.807, 2.05) is 24.3 Å². The number of amides is 1. The number of hydrogen-bond acceptors (Lipinski definition) is 5. The van der Waals surface area contributed by atoms with Gasteiger partial charge in [-0.1, -0.05) is 29.4 Å². The van der Waals surface area contributed by atoms with E-state index < -0.39 is 0 Å². The topological polar surface area (TPSA) is 81.2 Å². The molecule has 0 fully saturated rings. The molecule has 1 amide bonds. The van der Waals surface area contributed by atoms with Gasteiger partial charge >= 0.3 is 0 Å². The van der Waals surface area contributed by atoms with E-state index in [2.05, 4.69) is 38.5 Å². The minimum Gasteiger partial charge on any atom is -0.367 e. The molecule has 3 aromatic rings. The molecular weight excluding hydrogens is 402 g/mol. The van der Waals surface area contributed by atoms with Crippen LogP contribution in [0.25, 0.3) is 10.6 Å². The molecular formula is C18H16BrN3O2S. The molecule has 0 bridgehead atoms. The molecule has 0 aliphatic heterocycles. The van der Waals surface area contributed by atoms with Gasteiger partial charge in [-0.3, -0.25) is 4.79 Å². The van der Waals surface area contributed by atoms with E-state index in [0.717, 1.165) is 27.9 Å². The standard InChI is InChI=1S/C18H16BrN3O2S/c19-14-9-8-13(25-14)16-15(17(20)24-22-16)18(23)21-12-7-3-5-10-4-1-2-6-11(10)12/h1-2,4,6,8-9,12H,3,5,7,20H2,(H,21,23). The van der Waals surface area contributed by atoms with Crippen molar-refractivity contribution in [2.45, 2.75) is 25.3 Å². The number of thiophene rings is 1. The Morgan fingerprint density at radius 3 is 2.96 bits per heavy atom. The monoisotopic (exact) mass is 417 g/mol. The van der Waals surface area contributed by atoms with Crippen LogP contribution in [0.1, 0.15) is 40.4 Å². The van der Waals surface area contributed by atoms with Crippen LogP contribution in [-0.2, 0) is 6.42 Å². The summed E-state index contributed by atoms with van der Waals surface area (Å²) in [5, 5.41) is 7.10. The largest absolute Gasteiger partial charge is 0.367 e. The molecule has 7 heteroatoms. The number of halogens is 1. The zero-order valence-corrected chi connectivity index (χ0v) is 15.7. The van der Waals surface area contributed by atoms with E-state index in [9.17, 15) is 4.79 Å². The summed E-state index contributed by atoms with van der Waals surface area (Å²) in [7, 11) is 0. The highest BCUT2D eigenvalue weighted by Crippen LogP contribution is 2.35. The summed E-state index contributed by atoms with van der Waals surface area (Å²) in [6, 6.07) is 12.0. The first-order chi connectivity index (χ1) is 12.1. The lowest BCUT2D eigenvalue weighted by molar-refractivity contribution is 0.0934. The molecule has 0 spiro atoms. The lowest BCUT2D eigenvalue weighted by Crippen LogP contribution is -2.31. The molecule has 128 valence electrons. The first-order valence-electron chi connectivity index (χ1n) is 8.03. The Morgan fingerprint density at radius 1 is 1.32 bits per heavy atom. The van der Waals surface area contributed by atoms with Crippen molar-refractivity contribution in [2.24, 2.45) is 0 Å². The van der Waals surface area contributed by atoms with Crippen molar-refractivity contribution in [3.63, 3.8) is 0 Å². The van der Waals surface area contributed by atoms with Crippen molar-refractivity contribution in [1.82, 2.24) is 10.5 Å². The van der Waals surface area contributed by atoms with Crippen LogP contribution in [0.2, 0.25) is 0 Å². The van der Waals surface area contributed by atoms with Crippen molar-refractivity contribution in [3.8, 4) is 10.6 Å². The molecule has 2 aromatic heterocycles. The number of nitrogens with zero attached hydrogens (tertiary/aromatic N) is 1. The highest BCUT2D eigenvalue weighted by Gasteiger charge is 2.27. The number of nitrogen functional groups attached to an aromatic ring is 1. The Morgan fingerprint density at radius 2 is 2.16 bits per heavy atom. The highest BCUT2D eigenvalue weighted by atomic mass is 79.9. The molecule has 1 aliphatic rings. The first kappa shape index (κ1) is 16.4. The van der Waals surface area contributed by atoms with E-state index in [4.69, 9.17) is 10.3 Å². The second kappa shape index (κ2) is 6.65. The van der Waals surface area contributed by atoms with Crippen molar-refractivity contribution in [3.05, 3.63) is 56.9 Å². The summed E-state index contributed by atoms with van der Waals surface area (Å²) >= 11 is 4.90. The smallest absolute Gasteiger partial charge is 0.259 e. The van der Waals surface area contributed by atoms with Crippen molar-refractivity contribution in [1.29, 1.82) is 0 Å². The molecule has 2 heterocycles. The van der Waals surface area contributed by atoms with Gasteiger partial charge in [0.1, 0.15) is 11.3 Å². The number of rotatable bonds is 3. The maximum Gasteiger partial charge on any atom is 0.259 e. The van der Waals surface area contributed by atoms with Gasteiger partial charge in [0.2, 0.25) is 5.88 Å². The maximum absolute atomic E-state index is 12.9. The molecule has 1 aromatic carbocycles. The average molecular weight is 418 g/mol. The van der Waals surface area contributed by atoms with Gasteiger partial charge in [0.15, 0.2) is 0 Å². The molecule has 4 rings (SSSR count). The molecule has 0 saturated heterocycles. The number of anilines is 1. The fourth-order valence-electron chi connectivity index (χ4n) is 3.27. The van der Waals surface area contributed by atoms with Crippen LogP contribution in [0.15, 0.2) is 44.7 Å². The highest BCUT2D eigenvalue weighted by molar-refractivity contribution is 9.11. The Balaban J connectivity index is 1.64. The Kier molecular flexibility index (Phi) is 4.35. The van der Waals surface area contributed by atoms with Gasteiger partial charge in [0.05, 0.1) is 14.7 Å². The molecule has 25 heavy (non-hydrogen) atoms. The van der Waals surface area contributed by atoms with E-state index in [1.165, 1.54) is 22.5 Å². The summed E-state index contributed by atoms with van der Waals surface area (Å²) < 4.78 is 6.05. The number of hydrogen-bond donors (Lipinski definition) is 2. The van der Waals surface area contributed by atoms with Crippen LogP contribution >= 0.6 is 27.3 Å². The van der Waals surface area contributed by atoms with Crippen molar-refractivity contribution >= 4 is 39.1 Å². The predicted octanol–water partition coefficient (Wildman–Crippen LogP) is 4.56. The fraction of sp³-hybridized carbons (Fsp3) is 0.222. The minimum atomic E-state index is -0.250. The van der Waals surface area contributed by atoms with Crippen LogP contribution in [-0.4, -0.2) is 11.1 Å². The Hall–Kier alpha value is -2.12. The van der Waals surface area contributed by atoms with E-state index in [1.54, 1.807) is 0 Å². The molecule has 0 radical (unpaired) electrons. The van der Waals surface area contributed by atoms with Gasteiger partial charge in [-0.05, 0) is 58.5 Å². The second-order valence-corrected chi connectivity index (χ2v) is 8.45. The SMILES string of the molecule is Nc1onc(-c2ccc(Br)s2)c1C(=O)NC1CCCc2ccccc21. The second-order valence-electron chi connectivity index (χ2n) is 5.99. The van der Waals surface area contributed by atoms with Gasteiger partial charge in [-0.15, -0.1) is 11.3 Å². The minimum absolute atomic E-state index is 0.0188. The molecule has 3 N–H and O–H groups in total. The van der Waals surface area contributed by atoms with E-state index in [-0.39, 0.29) is 17.8 Å². The number of aryl methyl sites for hydroxylation is 1. The summed E-state index contributed by atoms with van der Waals surface area (Å²) in [4.78, 5) is 13.7. The zero-order chi connectivity index (χ0) is 17.4. The number of carbonyl (C=O) groups is 1. The Bertz CT molecular complexity index is 934. The molecule has 0 saturated carbocycles. The van der Waals surface area contributed by atoms with Crippen LogP contribution in [0, 0.1) is 0 Å². The Labute approximate surface area is 157 Å². The third-order valence-corrected chi connectivity index (χ3v) is 6.06. The van der Waals surface area contributed by atoms with E-state index >= 15 is 0 Å². The van der Waals surface area contributed by atoms with Gasteiger partial charge in [-0.2, -0.15) is 0 Å². The lowest BCUT2D eigenvalue weighted by Gasteiger charge is -2.26. The quantitative estimate of drug-likeness (QED) is 0.654. The van der Waals surface area contributed by atoms with Gasteiger partial charge < -0.3 is 15.6 Å². The van der Waals surface area contributed by atoms with Crippen molar-refractivity contribution < 1.29 is 9.32 Å². The number of benzene rings is 1. The lowest BCUT2D eigenvalue weighted by atomic mass is 9.87. The predicted molar refractivity (Wildman–Crippen MR) is 102 cm³/mol. The van der Waals surface area contributed by atoms with Crippen LogP contribution < -0.4 is 11.1 Å². The van der Waals surface area contributed by atoms with Crippen LogP contribution in [0.4, 0.5) is 5.88 Å².